The number of rotatable bonds is 5. The molecule has 0 spiro atoms. The number of hydrogen-bond donors (Lipinski definition) is 1. The fourth-order valence-corrected chi connectivity index (χ4v) is 1.75. The first-order chi connectivity index (χ1) is 7.95. The van der Waals surface area contributed by atoms with Crippen molar-refractivity contribution in [2.75, 3.05) is 13.6 Å². The molecule has 0 bridgehead atoms. The van der Waals surface area contributed by atoms with Crippen molar-refractivity contribution in [3.05, 3.63) is 33.4 Å². The minimum absolute atomic E-state index is 0.0328. The topological polar surface area (TPSA) is 64.4 Å². The van der Waals surface area contributed by atoms with Crippen molar-refractivity contribution in [3.8, 4) is 5.75 Å². The zero-order chi connectivity index (χ0) is 13.0. The SMILES string of the molecule is CNCC(C)Oc1c(C)cc(C)cc1[N+](=O)[O-]. The highest BCUT2D eigenvalue weighted by molar-refractivity contribution is 5.53. The van der Waals surface area contributed by atoms with E-state index in [-0.39, 0.29) is 11.8 Å². The molecule has 1 aromatic carbocycles. The second kappa shape index (κ2) is 5.63. The van der Waals surface area contributed by atoms with Gasteiger partial charge in [0.2, 0.25) is 0 Å². The van der Waals surface area contributed by atoms with Crippen LogP contribution in [0.1, 0.15) is 18.1 Å². The number of nitrogens with zero attached hydrogens (tertiary/aromatic N) is 1. The van der Waals surface area contributed by atoms with Crippen LogP contribution >= 0.6 is 0 Å². The van der Waals surface area contributed by atoms with Crippen LogP contribution in [0.4, 0.5) is 5.69 Å². The molecule has 5 nitrogen and oxygen atoms in total. The molecule has 1 N–H and O–H groups in total. The Morgan fingerprint density at radius 1 is 1.47 bits per heavy atom. The highest BCUT2D eigenvalue weighted by Gasteiger charge is 2.20. The summed E-state index contributed by atoms with van der Waals surface area (Å²) in [7, 11) is 1.82. The molecule has 17 heavy (non-hydrogen) atoms. The molecule has 0 saturated heterocycles. The van der Waals surface area contributed by atoms with E-state index in [0.29, 0.717) is 12.3 Å². The summed E-state index contributed by atoms with van der Waals surface area (Å²) in [6.07, 6.45) is -0.111. The Morgan fingerprint density at radius 2 is 2.12 bits per heavy atom. The average Bonchev–Trinajstić information content (AvgIpc) is 2.21. The van der Waals surface area contributed by atoms with E-state index in [4.69, 9.17) is 4.74 Å². The highest BCUT2D eigenvalue weighted by Crippen LogP contribution is 2.32. The first-order valence-corrected chi connectivity index (χ1v) is 5.52. The van der Waals surface area contributed by atoms with E-state index in [1.165, 1.54) is 6.07 Å². The fraction of sp³-hybridized carbons (Fsp3) is 0.500. The number of nitro groups is 1. The predicted octanol–water partition coefficient (Wildman–Crippen LogP) is 2.20. The maximum absolute atomic E-state index is 11.0. The smallest absolute Gasteiger partial charge is 0.311 e. The van der Waals surface area contributed by atoms with Crippen molar-refractivity contribution >= 4 is 5.69 Å². The van der Waals surface area contributed by atoms with Gasteiger partial charge in [-0.05, 0) is 38.9 Å². The summed E-state index contributed by atoms with van der Waals surface area (Å²) in [6, 6.07) is 3.42. The molecule has 0 aliphatic heterocycles. The number of nitro benzene ring substituents is 1. The summed E-state index contributed by atoms with van der Waals surface area (Å²) < 4.78 is 5.63. The molecule has 0 saturated carbocycles. The minimum Gasteiger partial charge on any atom is -0.482 e. The normalized spacial score (nSPS) is 12.2. The van der Waals surface area contributed by atoms with Gasteiger partial charge in [0, 0.05) is 12.6 Å². The van der Waals surface area contributed by atoms with Gasteiger partial charge < -0.3 is 10.1 Å². The second-order valence-electron chi connectivity index (χ2n) is 4.17. The van der Waals surface area contributed by atoms with Crippen LogP contribution < -0.4 is 10.1 Å². The van der Waals surface area contributed by atoms with Gasteiger partial charge in [-0.3, -0.25) is 10.1 Å². The Bertz CT molecular complexity index is 418. The molecule has 1 aromatic rings. The molecule has 1 rings (SSSR count). The zero-order valence-electron chi connectivity index (χ0n) is 10.6. The number of likely N-dealkylation sites (N-methyl/N-ethyl adjacent to an activating group) is 1. The molecule has 0 aromatic heterocycles. The Morgan fingerprint density at radius 3 is 2.65 bits per heavy atom. The quantitative estimate of drug-likeness (QED) is 0.631. The highest BCUT2D eigenvalue weighted by atomic mass is 16.6. The maximum Gasteiger partial charge on any atom is 0.311 e. The third kappa shape index (κ3) is 3.42. The van der Waals surface area contributed by atoms with Crippen molar-refractivity contribution < 1.29 is 9.66 Å². The van der Waals surface area contributed by atoms with Gasteiger partial charge in [-0.25, -0.2) is 0 Å². The third-order valence-electron chi connectivity index (χ3n) is 2.41. The van der Waals surface area contributed by atoms with E-state index < -0.39 is 4.92 Å². The van der Waals surface area contributed by atoms with Crippen LogP contribution in [-0.4, -0.2) is 24.6 Å². The lowest BCUT2D eigenvalue weighted by Gasteiger charge is -2.16. The minimum atomic E-state index is -0.401. The lowest BCUT2D eigenvalue weighted by Crippen LogP contribution is -2.26. The Kier molecular flexibility index (Phi) is 4.45. The van der Waals surface area contributed by atoms with Crippen molar-refractivity contribution in [1.29, 1.82) is 0 Å². The van der Waals surface area contributed by atoms with Crippen LogP contribution in [0.2, 0.25) is 0 Å². The molecule has 1 atom stereocenters. The van der Waals surface area contributed by atoms with Crippen molar-refractivity contribution in [1.82, 2.24) is 5.32 Å². The van der Waals surface area contributed by atoms with Crippen LogP contribution in [0.5, 0.6) is 5.75 Å². The number of ether oxygens (including phenoxy) is 1. The van der Waals surface area contributed by atoms with Crippen molar-refractivity contribution in [2.24, 2.45) is 0 Å². The van der Waals surface area contributed by atoms with Crippen LogP contribution in [0.25, 0.3) is 0 Å². The van der Waals surface area contributed by atoms with Crippen LogP contribution in [0, 0.1) is 24.0 Å². The number of nitrogens with one attached hydrogen (secondary N) is 1. The number of aryl methyl sites for hydroxylation is 2. The molecule has 0 aliphatic carbocycles. The molecular formula is C12H18N2O3. The molecule has 0 fully saturated rings. The first-order valence-electron chi connectivity index (χ1n) is 5.52. The van der Waals surface area contributed by atoms with Crippen LogP contribution in [-0.2, 0) is 0 Å². The zero-order valence-corrected chi connectivity index (χ0v) is 10.6. The summed E-state index contributed by atoms with van der Waals surface area (Å²) in [5, 5.41) is 13.9. The van der Waals surface area contributed by atoms with Gasteiger partial charge >= 0.3 is 5.69 Å². The summed E-state index contributed by atoms with van der Waals surface area (Å²) in [6.45, 7) is 6.17. The molecular weight excluding hydrogens is 220 g/mol. The number of hydrogen-bond acceptors (Lipinski definition) is 4. The molecule has 0 radical (unpaired) electrons. The van der Waals surface area contributed by atoms with Gasteiger partial charge in [-0.2, -0.15) is 0 Å². The molecule has 5 heteroatoms. The molecule has 1 unspecified atom stereocenters. The summed E-state index contributed by atoms with van der Waals surface area (Å²) in [4.78, 5) is 10.6. The molecule has 0 aliphatic rings. The van der Waals surface area contributed by atoms with E-state index in [0.717, 1.165) is 11.1 Å². The summed E-state index contributed by atoms with van der Waals surface area (Å²) >= 11 is 0. The molecule has 0 amide bonds. The van der Waals surface area contributed by atoms with E-state index in [2.05, 4.69) is 5.32 Å². The molecule has 0 heterocycles. The fourth-order valence-electron chi connectivity index (χ4n) is 1.75. The van der Waals surface area contributed by atoms with Gasteiger partial charge in [0.25, 0.3) is 0 Å². The van der Waals surface area contributed by atoms with E-state index in [9.17, 15) is 10.1 Å². The van der Waals surface area contributed by atoms with E-state index >= 15 is 0 Å². The Balaban J connectivity index is 3.08. The Hall–Kier alpha value is -1.62. The average molecular weight is 238 g/mol. The van der Waals surface area contributed by atoms with Crippen LogP contribution in [0.15, 0.2) is 12.1 Å². The van der Waals surface area contributed by atoms with Gasteiger partial charge in [0.15, 0.2) is 5.75 Å². The largest absolute Gasteiger partial charge is 0.482 e. The predicted molar refractivity (Wildman–Crippen MR) is 66.6 cm³/mol. The van der Waals surface area contributed by atoms with Gasteiger partial charge in [0.05, 0.1) is 4.92 Å². The first kappa shape index (κ1) is 13.4. The summed E-state index contributed by atoms with van der Waals surface area (Å²) in [5.74, 6) is 0.364. The molecule has 94 valence electrons. The Labute approximate surface area is 101 Å². The second-order valence-corrected chi connectivity index (χ2v) is 4.17. The van der Waals surface area contributed by atoms with Gasteiger partial charge in [0.1, 0.15) is 6.10 Å². The van der Waals surface area contributed by atoms with Crippen LogP contribution in [0.3, 0.4) is 0 Å². The lowest BCUT2D eigenvalue weighted by atomic mass is 10.1. The standard InChI is InChI=1S/C12H18N2O3/c1-8-5-9(2)12(11(6-8)14(15)16)17-10(3)7-13-4/h5-6,10,13H,7H2,1-4H3. The number of benzene rings is 1. The van der Waals surface area contributed by atoms with Crippen molar-refractivity contribution in [2.45, 2.75) is 26.9 Å². The summed E-state index contributed by atoms with van der Waals surface area (Å²) in [5.41, 5.74) is 1.69. The van der Waals surface area contributed by atoms with E-state index in [1.807, 2.05) is 33.9 Å². The van der Waals surface area contributed by atoms with E-state index in [1.54, 1.807) is 0 Å². The van der Waals surface area contributed by atoms with Gasteiger partial charge in [-0.15, -0.1) is 0 Å². The van der Waals surface area contributed by atoms with Gasteiger partial charge in [-0.1, -0.05) is 6.07 Å². The van der Waals surface area contributed by atoms with Crippen molar-refractivity contribution in [3.63, 3.8) is 0 Å². The maximum atomic E-state index is 11.0. The monoisotopic (exact) mass is 238 g/mol. The lowest BCUT2D eigenvalue weighted by molar-refractivity contribution is -0.386. The third-order valence-corrected chi connectivity index (χ3v) is 2.41.